The van der Waals surface area contributed by atoms with E-state index in [0.29, 0.717) is 6.54 Å². The molecule has 2 rings (SSSR count). The lowest BCUT2D eigenvalue weighted by Crippen LogP contribution is -2.02. The Morgan fingerprint density at radius 3 is 2.35 bits per heavy atom. The maximum absolute atomic E-state index is 5.74. The Labute approximate surface area is 102 Å². The molecular weight excluding hydrogens is 210 g/mol. The van der Waals surface area contributed by atoms with E-state index in [9.17, 15) is 0 Å². The fourth-order valence-corrected chi connectivity index (χ4v) is 2.08. The van der Waals surface area contributed by atoms with E-state index in [0.717, 1.165) is 22.6 Å². The van der Waals surface area contributed by atoms with Crippen molar-refractivity contribution in [2.45, 2.75) is 34.2 Å². The molecule has 1 aromatic carbocycles. The van der Waals surface area contributed by atoms with Gasteiger partial charge in [-0.3, -0.25) is 0 Å². The highest BCUT2D eigenvalue weighted by Gasteiger charge is 2.11. The third-order valence-electron chi connectivity index (χ3n) is 3.38. The third-order valence-corrected chi connectivity index (χ3v) is 3.38. The third kappa shape index (κ3) is 1.98. The fourth-order valence-electron chi connectivity index (χ4n) is 2.08. The minimum absolute atomic E-state index is 0.544. The van der Waals surface area contributed by atoms with Gasteiger partial charge in [0.25, 0.3) is 0 Å². The highest BCUT2D eigenvalue weighted by molar-refractivity contribution is 5.42. The van der Waals surface area contributed by atoms with Crippen LogP contribution in [0, 0.1) is 27.7 Å². The van der Waals surface area contributed by atoms with Gasteiger partial charge >= 0.3 is 0 Å². The standard InChI is InChI=1S/C14H19N3/c1-9-5-6-13(7-10(9)2)17-12(4)14(8-15)11(3)16-17/h5-7H,8,15H2,1-4H3. The Bertz CT molecular complexity index is 553. The van der Waals surface area contributed by atoms with Crippen LogP contribution in [0.1, 0.15) is 28.1 Å². The van der Waals surface area contributed by atoms with Gasteiger partial charge in [0.1, 0.15) is 0 Å². The number of rotatable bonds is 2. The van der Waals surface area contributed by atoms with Gasteiger partial charge in [-0.15, -0.1) is 0 Å². The SMILES string of the molecule is Cc1ccc(-n2nc(C)c(CN)c2C)cc1C. The molecule has 0 aliphatic heterocycles. The lowest BCUT2D eigenvalue weighted by Gasteiger charge is -2.07. The van der Waals surface area contributed by atoms with Crippen LogP contribution in [0.2, 0.25) is 0 Å². The normalized spacial score (nSPS) is 10.9. The first-order valence-corrected chi connectivity index (χ1v) is 5.87. The molecule has 0 amide bonds. The highest BCUT2D eigenvalue weighted by atomic mass is 15.3. The molecule has 17 heavy (non-hydrogen) atoms. The first kappa shape index (κ1) is 11.9. The first-order valence-electron chi connectivity index (χ1n) is 5.87. The molecule has 1 aromatic heterocycles. The number of nitrogens with two attached hydrogens (primary N) is 1. The second-order valence-electron chi connectivity index (χ2n) is 4.53. The van der Waals surface area contributed by atoms with Crippen molar-refractivity contribution in [2.75, 3.05) is 0 Å². The summed E-state index contributed by atoms with van der Waals surface area (Å²) in [5.41, 5.74) is 12.7. The maximum atomic E-state index is 5.74. The maximum Gasteiger partial charge on any atom is 0.0651 e. The summed E-state index contributed by atoms with van der Waals surface area (Å²) in [4.78, 5) is 0. The second kappa shape index (κ2) is 4.34. The van der Waals surface area contributed by atoms with Crippen molar-refractivity contribution in [3.8, 4) is 5.69 Å². The van der Waals surface area contributed by atoms with Gasteiger partial charge in [0.05, 0.1) is 11.4 Å². The number of hydrogen-bond donors (Lipinski definition) is 1. The predicted molar refractivity (Wildman–Crippen MR) is 70.4 cm³/mol. The molecule has 2 N–H and O–H groups in total. The smallest absolute Gasteiger partial charge is 0.0651 e. The summed E-state index contributed by atoms with van der Waals surface area (Å²) in [7, 11) is 0. The summed E-state index contributed by atoms with van der Waals surface area (Å²) in [5.74, 6) is 0. The number of nitrogens with zero attached hydrogens (tertiary/aromatic N) is 2. The number of aromatic nitrogens is 2. The molecule has 2 aromatic rings. The van der Waals surface area contributed by atoms with E-state index in [-0.39, 0.29) is 0 Å². The lowest BCUT2D eigenvalue weighted by atomic mass is 10.1. The molecule has 0 aliphatic rings. The van der Waals surface area contributed by atoms with E-state index in [2.05, 4.69) is 44.1 Å². The van der Waals surface area contributed by atoms with Gasteiger partial charge in [-0.1, -0.05) is 6.07 Å². The van der Waals surface area contributed by atoms with Gasteiger partial charge in [0.2, 0.25) is 0 Å². The molecule has 0 spiro atoms. The van der Waals surface area contributed by atoms with Crippen LogP contribution in [-0.2, 0) is 6.54 Å². The van der Waals surface area contributed by atoms with E-state index >= 15 is 0 Å². The molecule has 1 heterocycles. The van der Waals surface area contributed by atoms with Crippen LogP contribution in [0.25, 0.3) is 5.69 Å². The minimum atomic E-state index is 0.544. The number of benzene rings is 1. The van der Waals surface area contributed by atoms with E-state index < -0.39 is 0 Å². The van der Waals surface area contributed by atoms with Gasteiger partial charge in [-0.2, -0.15) is 5.10 Å². The average molecular weight is 229 g/mol. The number of hydrogen-bond acceptors (Lipinski definition) is 2. The van der Waals surface area contributed by atoms with Crippen molar-refractivity contribution in [1.29, 1.82) is 0 Å². The molecule has 0 saturated heterocycles. The molecule has 0 atom stereocenters. The summed E-state index contributed by atoms with van der Waals surface area (Å²) < 4.78 is 1.98. The van der Waals surface area contributed by atoms with Crippen LogP contribution in [0.3, 0.4) is 0 Å². The monoisotopic (exact) mass is 229 g/mol. The van der Waals surface area contributed by atoms with Gasteiger partial charge < -0.3 is 5.73 Å². The summed E-state index contributed by atoms with van der Waals surface area (Å²) >= 11 is 0. The van der Waals surface area contributed by atoms with Gasteiger partial charge in [0, 0.05) is 17.8 Å². The van der Waals surface area contributed by atoms with Gasteiger partial charge in [-0.05, 0) is 51.0 Å². The van der Waals surface area contributed by atoms with Gasteiger partial charge in [0.15, 0.2) is 0 Å². The molecule has 0 saturated carbocycles. The zero-order valence-electron chi connectivity index (χ0n) is 10.9. The van der Waals surface area contributed by atoms with Crippen LogP contribution in [-0.4, -0.2) is 9.78 Å². The minimum Gasteiger partial charge on any atom is -0.326 e. The average Bonchev–Trinajstić information content (AvgIpc) is 2.58. The van der Waals surface area contributed by atoms with E-state index in [1.807, 2.05) is 11.6 Å². The summed E-state index contributed by atoms with van der Waals surface area (Å²) in [6.45, 7) is 8.85. The second-order valence-corrected chi connectivity index (χ2v) is 4.53. The Hall–Kier alpha value is -1.61. The van der Waals surface area contributed by atoms with Crippen molar-refractivity contribution in [2.24, 2.45) is 5.73 Å². The molecule has 0 radical (unpaired) electrons. The van der Waals surface area contributed by atoms with Crippen LogP contribution in [0.15, 0.2) is 18.2 Å². The van der Waals surface area contributed by atoms with Crippen LogP contribution in [0.4, 0.5) is 0 Å². The van der Waals surface area contributed by atoms with E-state index in [4.69, 9.17) is 5.73 Å². The molecule has 0 bridgehead atoms. The quantitative estimate of drug-likeness (QED) is 0.860. The first-order chi connectivity index (χ1) is 8.04. The van der Waals surface area contributed by atoms with Crippen molar-refractivity contribution < 1.29 is 0 Å². The Morgan fingerprint density at radius 2 is 1.82 bits per heavy atom. The van der Waals surface area contributed by atoms with E-state index in [1.165, 1.54) is 11.1 Å². The summed E-state index contributed by atoms with van der Waals surface area (Å²) in [5, 5.41) is 4.56. The zero-order chi connectivity index (χ0) is 12.6. The zero-order valence-corrected chi connectivity index (χ0v) is 10.9. The lowest BCUT2D eigenvalue weighted by molar-refractivity contribution is 0.830. The fraction of sp³-hybridized carbons (Fsp3) is 0.357. The van der Waals surface area contributed by atoms with Crippen molar-refractivity contribution in [1.82, 2.24) is 9.78 Å². The molecule has 0 aliphatic carbocycles. The Morgan fingerprint density at radius 1 is 1.12 bits per heavy atom. The molecule has 3 nitrogen and oxygen atoms in total. The van der Waals surface area contributed by atoms with Crippen LogP contribution >= 0.6 is 0 Å². The van der Waals surface area contributed by atoms with Crippen molar-refractivity contribution in [3.63, 3.8) is 0 Å². The van der Waals surface area contributed by atoms with Crippen molar-refractivity contribution >= 4 is 0 Å². The van der Waals surface area contributed by atoms with Gasteiger partial charge in [-0.25, -0.2) is 4.68 Å². The van der Waals surface area contributed by atoms with Crippen LogP contribution in [0.5, 0.6) is 0 Å². The molecule has 0 fully saturated rings. The molecule has 90 valence electrons. The van der Waals surface area contributed by atoms with Crippen molar-refractivity contribution in [3.05, 3.63) is 46.3 Å². The molecule has 3 heteroatoms. The Balaban J connectivity index is 2.57. The van der Waals surface area contributed by atoms with E-state index in [1.54, 1.807) is 0 Å². The highest BCUT2D eigenvalue weighted by Crippen LogP contribution is 2.19. The predicted octanol–water partition coefficient (Wildman–Crippen LogP) is 2.56. The molecular formula is C14H19N3. The summed E-state index contributed by atoms with van der Waals surface area (Å²) in [6, 6.07) is 6.39. The summed E-state index contributed by atoms with van der Waals surface area (Å²) in [6.07, 6.45) is 0. The number of aryl methyl sites for hydroxylation is 3. The largest absolute Gasteiger partial charge is 0.326 e. The molecule has 0 unspecified atom stereocenters. The Kier molecular flexibility index (Phi) is 3.03. The van der Waals surface area contributed by atoms with Crippen LogP contribution < -0.4 is 5.73 Å². The topological polar surface area (TPSA) is 43.8 Å².